The minimum atomic E-state index is -2.19. The molecule has 1 N–H and O–H groups in total. The molecule has 1 saturated heterocycles. The smallest absolute Gasteiger partial charge is 0.340 e. The number of esters is 1. The van der Waals surface area contributed by atoms with Crippen LogP contribution >= 0.6 is 0 Å². The van der Waals surface area contributed by atoms with E-state index in [-0.39, 0.29) is 35.3 Å². The molecular weight excluding hydrogens is 667 g/mol. The number of hydrogen-bond donors (Lipinski definition) is 1. The first-order valence-electron chi connectivity index (χ1n) is 18.8. The lowest BCUT2D eigenvalue weighted by Gasteiger charge is -2.48. The predicted octanol–water partition coefficient (Wildman–Crippen LogP) is 7.79. The van der Waals surface area contributed by atoms with Gasteiger partial charge in [0.25, 0.3) is 0 Å². The Kier molecular flexibility index (Phi) is 15.0. The Morgan fingerprint density at radius 3 is 2.18 bits per heavy atom. The first kappa shape index (κ1) is 45.6. The van der Waals surface area contributed by atoms with Crippen molar-refractivity contribution in [2.24, 2.45) is 17.8 Å². The third kappa shape index (κ3) is 11.0. The first-order valence-corrected chi connectivity index (χ1v) is 21.7. The Balaban J connectivity index is 2.53. The average molecular weight is 740 g/mol. The number of allylic oxidation sites excluding steroid dienone is 1. The highest BCUT2D eigenvalue weighted by Gasteiger charge is 2.49. The number of Topliss-reactive ketones (excluding diaryl/α,β-unsaturated/α-hetero) is 1. The van der Waals surface area contributed by atoms with Crippen molar-refractivity contribution in [3.05, 3.63) is 23.0 Å². The van der Waals surface area contributed by atoms with Crippen LogP contribution in [-0.2, 0) is 37.7 Å². The predicted molar refractivity (Wildman–Crippen MR) is 205 cm³/mol. The Morgan fingerprint density at radius 1 is 1.12 bits per heavy atom. The molecule has 1 fully saturated rings. The summed E-state index contributed by atoms with van der Waals surface area (Å²) in [4.78, 5) is 29.3. The van der Waals surface area contributed by atoms with Crippen molar-refractivity contribution in [2.45, 2.75) is 182 Å². The summed E-state index contributed by atoms with van der Waals surface area (Å²) in [7, 11) is 3.56. The topological polar surface area (TPSA) is 113 Å². The molecule has 0 saturated carbocycles. The van der Waals surface area contributed by atoms with Crippen molar-refractivity contribution in [1.29, 1.82) is 0 Å². The summed E-state index contributed by atoms with van der Waals surface area (Å²) in [6, 6.07) is 0.220. The van der Waals surface area contributed by atoms with E-state index in [2.05, 4.69) is 59.8 Å². The van der Waals surface area contributed by atoms with E-state index in [1.165, 1.54) is 0 Å². The van der Waals surface area contributed by atoms with Gasteiger partial charge in [0.2, 0.25) is 5.79 Å². The molecule has 2 heterocycles. The molecule has 0 aromatic heterocycles. The fraction of sp³-hybridized carbons (Fsp3) is 0.850. The molecule has 10 atom stereocenters. The summed E-state index contributed by atoms with van der Waals surface area (Å²) >= 11 is 0. The van der Waals surface area contributed by atoms with Gasteiger partial charge in [0, 0.05) is 44.8 Å². The number of hydrogen-bond acceptors (Lipinski definition) is 10. The van der Waals surface area contributed by atoms with Crippen LogP contribution in [-0.4, -0.2) is 98.9 Å². The molecule has 0 spiro atoms. The third-order valence-electron chi connectivity index (χ3n) is 11.5. The summed E-state index contributed by atoms with van der Waals surface area (Å²) in [5, 5.41) is 11.7. The summed E-state index contributed by atoms with van der Waals surface area (Å²) in [5.74, 6) is -2.24. The molecule has 2 aliphatic rings. The standard InChI is InChI=1S/C40H73NO9Si/c1-20-31(50-51(18,19)37(8,9)10)39(13,44)22-24(2)32(42)25(3)23-40(14,45-17)34(28(6)33-29(7)35(43)49-38(11,12)48-33)47-36-27(5)30(41(15)16)21-26(4)46-36/h22,25-28,30-31,34,36,44H,20-21,23H2,1-19H3/b24-22+/t25-,26?,27?,28+,30?,31-,34-,36?,39+,40-/m1/s1. The van der Waals surface area contributed by atoms with Crippen molar-refractivity contribution in [1.82, 2.24) is 4.90 Å². The van der Waals surface area contributed by atoms with Crippen LogP contribution in [0.15, 0.2) is 23.0 Å². The van der Waals surface area contributed by atoms with Crippen molar-refractivity contribution in [3.8, 4) is 0 Å². The number of methoxy groups -OCH3 is 1. The van der Waals surface area contributed by atoms with Crippen molar-refractivity contribution < 1.29 is 42.8 Å². The second-order valence-electron chi connectivity index (χ2n) is 18.0. The molecule has 0 amide bonds. The molecule has 0 aromatic carbocycles. The fourth-order valence-electron chi connectivity index (χ4n) is 7.41. The largest absolute Gasteiger partial charge is 0.456 e. The summed E-state index contributed by atoms with van der Waals surface area (Å²) in [6.45, 7) is 31.4. The normalized spacial score (nSPS) is 28.3. The minimum Gasteiger partial charge on any atom is -0.456 e. The van der Waals surface area contributed by atoms with Gasteiger partial charge in [0.05, 0.1) is 29.5 Å². The van der Waals surface area contributed by atoms with E-state index in [0.29, 0.717) is 23.3 Å². The molecular formula is C40H73NO9Si. The van der Waals surface area contributed by atoms with Crippen LogP contribution in [0.4, 0.5) is 0 Å². The van der Waals surface area contributed by atoms with Crippen molar-refractivity contribution in [2.75, 3.05) is 21.2 Å². The van der Waals surface area contributed by atoms with Gasteiger partial charge in [-0.15, -0.1) is 0 Å². The van der Waals surface area contributed by atoms with Crippen LogP contribution in [0.1, 0.15) is 116 Å². The van der Waals surface area contributed by atoms with Gasteiger partial charge in [-0.05, 0) is 97.8 Å². The van der Waals surface area contributed by atoms with E-state index in [4.69, 9.17) is 28.1 Å². The Labute approximate surface area is 311 Å². The summed E-state index contributed by atoms with van der Waals surface area (Å²) in [6.07, 6.45) is 1.63. The monoisotopic (exact) mass is 740 g/mol. The van der Waals surface area contributed by atoms with Crippen LogP contribution in [0.2, 0.25) is 18.1 Å². The molecule has 0 radical (unpaired) electrons. The minimum absolute atomic E-state index is 0.0160. The van der Waals surface area contributed by atoms with Gasteiger partial charge in [0.15, 0.2) is 20.4 Å². The maximum atomic E-state index is 14.1. The van der Waals surface area contributed by atoms with Gasteiger partial charge in [-0.3, -0.25) is 4.79 Å². The number of ketones is 1. The molecule has 2 rings (SSSR count). The molecule has 10 nitrogen and oxygen atoms in total. The quantitative estimate of drug-likeness (QED) is 0.0957. The molecule has 0 aliphatic carbocycles. The van der Waals surface area contributed by atoms with Crippen molar-refractivity contribution in [3.63, 3.8) is 0 Å². The van der Waals surface area contributed by atoms with Crippen LogP contribution in [0.3, 0.4) is 0 Å². The summed E-state index contributed by atoms with van der Waals surface area (Å²) < 4.78 is 38.2. The maximum Gasteiger partial charge on any atom is 0.340 e. The zero-order valence-corrected chi connectivity index (χ0v) is 36.5. The van der Waals surface area contributed by atoms with E-state index in [9.17, 15) is 14.7 Å². The lowest BCUT2D eigenvalue weighted by molar-refractivity contribution is -0.284. The van der Waals surface area contributed by atoms with E-state index >= 15 is 0 Å². The van der Waals surface area contributed by atoms with Gasteiger partial charge in [0.1, 0.15) is 11.4 Å². The molecule has 0 aromatic rings. The van der Waals surface area contributed by atoms with Gasteiger partial charge in [-0.25, -0.2) is 4.79 Å². The lowest BCUT2D eigenvalue weighted by atomic mass is 9.78. The Morgan fingerprint density at radius 2 is 1.69 bits per heavy atom. The second kappa shape index (κ2) is 16.8. The van der Waals surface area contributed by atoms with E-state index in [1.54, 1.807) is 47.8 Å². The molecule has 11 heteroatoms. The van der Waals surface area contributed by atoms with Crippen LogP contribution in [0, 0.1) is 17.8 Å². The van der Waals surface area contributed by atoms with Gasteiger partial charge in [-0.1, -0.05) is 48.5 Å². The van der Waals surface area contributed by atoms with Crippen molar-refractivity contribution >= 4 is 20.1 Å². The number of rotatable bonds is 16. The highest BCUT2D eigenvalue weighted by Crippen LogP contribution is 2.42. The average Bonchev–Trinajstić information content (AvgIpc) is 2.99. The Bertz CT molecular complexity index is 1280. The number of cyclic esters (lactones) is 1. The van der Waals surface area contributed by atoms with Gasteiger partial charge in [-0.2, -0.15) is 0 Å². The van der Waals surface area contributed by atoms with Gasteiger partial charge < -0.3 is 38.1 Å². The fourth-order valence-corrected chi connectivity index (χ4v) is 8.88. The van der Waals surface area contributed by atoms with Crippen LogP contribution < -0.4 is 0 Å². The summed E-state index contributed by atoms with van der Waals surface area (Å²) in [5.41, 5.74) is -1.57. The van der Waals surface area contributed by atoms with Crippen LogP contribution in [0.25, 0.3) is 0 Å². The molecule has 296 valence electrons. The van der Waals surface area contributed by atoms with E-state index in [1.807, 2.05) is 34.6 Å². The molecule has 51 heavy (non-hydrogen) atoms. The van der Waals surface area contributed by atoms with E-state index < -0.39 is 61.6 Å². The highest BCUT2D eigenvalue weighted by atomic mass is 28.4. The number of nitrogens with zero attached hydrogens (tertiary/aromatic N) is 1. The first-order chi connectivity index (χ1) is 23.0. The van der Waals surface area contributed by atoms with Crippen LogP contribution in [0.5, 0.6) is 0 Å². The zero-order chi connectivity index (χ0) is 39.7. The lowest BCUT2D eigenvalue weighted by Crippen LogP contribution is -2.56. The molecule has 4 unspecified atom stereocenters. The van der Waals surface area contributed by atoms with E-state index in [0.717, 1.165) is 6.42 Å². The Hall–Kier alpha value is -1.60. The number of aliphatic hydroxyl groups is 1. The molecule has 0 bridgehead atoms. The maximum absolute atomic E-state index is 14.1. The number of carbonyl (C=O) groups excluding carboxylic acids is 2. The highest BCUT2D eigenvalue weighted by molar-refractivity contribution is 6.74. The number of ether oxygens (including phenoxy) is 5. The molecule has 2 aliphatic heterocycles. The number of carbonyl (C=O) groups is 2. The van der Waals surface area contributed by atoms with Gasteiger partial charge >= 0.3 is 5.97 Å². The second-order valence-corrected chi connectivity index (χ2v) is 22.7. The SMILES string of the molecule is CC[C@@H](O[Si](C)(C)C(C)(C)C)[C@@](C)(O)/C=C(\C)C(=O)[C@H](C)C[C@@](C)(OC)[C@H](OC1OC(C)CC(N(C)C)C1C)[C@@H](C)C1=C(C)C(=O)OC(C)(C)O1. The third-order valence-corrected chi connectivity index (χ3v) is 16.0. The zero-order valence-electron chi connectivity index (χ0n) is 35.5.